The lowest BCUT2D eigenvalue weighted by Crippen LogP contribution is -2.43. The first kappa shape index (κ1) is 19.5. The first-order valence-corrected chi connectivity index (χ1v) is 8.84. The standard InChI is InChI=1S/C21H21FN2O4/c1-14-8-9-16(22)10-18(14)19(25)23-13-17-12-21(28-24-17,20(26)27-2)11-15-6-4-3-5-7-15/h3-10H,11-13H2,1-2H3,(H,23,25). The van der Waals surface area contributed by atoms with Crippen LogP contribution in [0, 0.1) is 12.7 Å². The van der Waals surface area contributed by atoms with Crippen molar-refractivity contribution in [1.29, 1.82) is 0 Å². The summed E-state index contributed by atoms with van der Waals surface area (Å²) in [6.07, 6.45) is 0.488. The number of esters is 1. The molecule has 0 spiro atoms. The molecule has 3 rings (SSSR count). The number of rotatable bonds is 6. The molecular formula is C21H21FN2O4. The van der Waals surface area contributed by atoms with Gasteiger partial charge in [-0.05, 0) is 30.2 Å². The second-order valence-corrected chi connectivity index (χ2v) is 6.72. The molecule has 0 saturated heterocycles. The van der Waals surface area contributed by atoms with Gasteiger partial charge in [-0.1, -0.05) is 41.6 Å². The van der Waals surface area contributed by atoms with Gasteiger partial charge >= 0.3 is 5.97 Å². The van der Waals surface area contributed by atoms with E-state index in [4.69, 9.17) is 9.57 Å². The van der Waals surface area contributed by atoms with E-state index in [1.54, 1.807) is 13.0 Å². The van der Waals surface area contributed by atoms with E-state index in [2.05, 4.69) is 10.5 Å². The van der Waals surface area contributed by atoms with Crippen LogP contribution in [-0.4, -0.2) is 36.8 Å². The normalized spacial score (nSPS) is 18.2. The first-order chi connectivity index (χ1) is 13.4. The van der Waals surface area contributed by atoms with E-state index in [9.17, 15) is 14.0 Å². The van der Waals surface area contributed by atoms with E-state index in [-0.39, 0.29) is 18.5 Å². The zero-order valence-electron chi connectivity index (χ0n) is 15.7. The van der Waals surface area contributed by atoms with E-state index in [1.165, 1.54) is 19.2 Å². The van der Waals surface area contributed by atoms with Crippen molar-refractivity contribution in [3.05, 3.63) is 71.0 Å². The van der Waals surface area contributed by atoms with Gasteiger partial charge in [0.2, 0.25) is 5.60 Å². The largest absolute Gasteiger partial charge is 0.466 e. The quantitative estimate of drug-likeness (QED) is 0.777. The second kappa shape index (κ2) is 8.21. The third-order valence-electron chi connectivity index (χ3n) is 4.63. The molecule has 146 valence electrons. The molecule has 0 aromatic heterocycles. The van der Waals surface area contributed by atoms with Crippen LogP contribution in [-0.2, 0) is 20.8 Å². The third-order valence-corrected chi connectivity index (χ3v) is 4.63. The number of hydrogen-bond donors (Lipinski definition) is 1. The molecule has 0 bridgehead atoms. The number of ether oxygens (including phenoxy) is 1. The second-order valence-electron chi connectivity index (χ2n) is 6.72. The predicted molar refractivity (Wildman–Crippen MR) is 102 cm³/mol. The third kappa shape index (κ3) is 4.19. The number of nitrogens with zero attached hydrogens (tertiary/aromatic N) is 1. The van der Waals surface area contributed by atoms with Crippen LogP contribution in [0.5, 0.6) is 0 Å². The number of methoxy groups -OCH3 is 1. The van der Waals surface area contributed by atoms with Crippen molar-refractivity contribution in [3.8, 4) is 0 Å². The molecule has 0 fully saturated rings. The molecule has 7 heteroatoms. The van der Waals surface area contributed by atoms with E-state index < -0.39 is 23.3 Å². The van der Waals surface area contributed by atoms with Crippen molar-refractivity contribution in [2.24, 2.45) is 5.16 Å². The van der Waals surface area contributed by atoms with Crippen molar-refractivity contribution < 1.29 is 23.6 Å². The van der Waals surface area contributed by atoms with Crippen LogP contribution in [0.3, 0.4) is 0 Å². The summed E-state index contributed by atoms with van der Waals surface area (Å²) in [6, 6.07) is 13.4. The number of aryl methyl sites for hydroxylation is 1. The fourth-order valence-corrected chi connectivity index (χ4v) is 3.15. The molecular weight excluding hydrogens is 363 g/mol. The molecule has 1 aliphatic rings. The van der Waals surface area contributed by atoms with Crippen molar-refractivity contribution in [2.75, 3.05) is 13.7 Å². The Bertz CT molecular complexity index is 914. The van der Waals surface area contributed by atoms with Gasteiger partial charge in [0.1, 0.15) is 5.82 Å². The summed E-state index contributed by atoms with van der Waals surface area (Å²) in [6.45, 7) is 1.81. The summed E-state index contributed by atoms with van der Waals surface area (Å²) in [7, 11) is 1.30. The molecule has 2 aromatic carbocycles. The van der Waals surface area contributed by atoms with Crippen molar-refractivity contribution in [2.45, 2.75) is 25.4 Å². The molecule has 1 N–H and O–H groups in total. The van der Waals surface area contributed by atoms with Gasteiger partial charge in [0, 0.05) is 18.4 Å². The summed E-state index contributed by atoms with van der Waals surface area (Å²) in [5.41, 5.74) is 1.07. The monoisotopic (exact) mass is 384 g/mol. The highest BCUT2D eigenvalue weighted by Crippen LogP contribution is 2.29. The van der Waals surface area contributed by atoms with E-state index in [0.717, 1.165) is 5.56 Å². The molecule has 1 aliphatic heterocycles. The number of carbonyl (C=O) groups excluding carboxylic acids is 2. The molecule has 0 radical (unpaired) electrons. The Morgan fingerprint density at radius 2 is 2.00 bits per heavy atom. The molecule has 6 nitrogen and oxygen atoms in total. The summed E-state index contributed by atoms with van der Waals surface area (Å²) in [5, 5.41) is 6.69. The van der Waals surface area contributed by atoms with E-state index in [1.807, 2.05) is 30.3 Å². The van der Waals surface area contributed by atoms with Crippen LogP contribution in [0.2, 0.25) is 0 Å². The average Bonchev–Trinajstić information content (AvgIpc) is 3.12. The Balaban J connectivity index is 1.67. The number of nitrogens with one attached hydrogen (secondary N) is 1. The SMILES string of the molecule is COC(=O)C1(Cc2ccccc2)CC(CNC(=O)c2cc(F)ccc2C)=NO1. The summed E-state index contributed by atoms with van der Waals surface area (Å²) >= 11 is 0. The average molecular weight is 384 g/mol. The number of benzene rings is 2. The molecule has 0 aliphatic carbocycles. The Kier molecular flexibility index (Phi) is 5.73. The highest BCUT2D eigenvalue weighted by atomic mass is 19.1. The van der Waals surface area contributed by atoms with Crippen LogP contribution >= 0.6 is 0 Å². The fourth-order valence-electron chi connectivity index (χ4n) is 3.15. The molecule has 1 amide bonds. The van der Waals surface area contributed by atoms with Gasteiger partial charge in [-0.3, -0.25) is 4.79 Å². The van der Waals surface area contributed by atoms with Gasteiger partial charge in [0.15, 0.2) is 0 Å². The highest BCUT2D eigenvalue weighted by Gasteiger charge is 2.47. The van der Waals surface area contributed by atoms with Gasteiger partial charge in [0.05, 0.1) is 19.4 Å². The Morgan fingerprint density at radius 1 is 1.25 bits per heavy atom. The Labute approximate surface area is 162 Å². The molecule has 1 atom stereocenters. The number of oxime groups is 1. The predicted octanol–water partition coefficient (Wildman–Crippen LogP) is 2.79. The maximum atomic E-state index is 13.4. The maximum absolute atomic E-state index is 13.4. The lowest BCUT2D eigenvalue weighted by Gasteiger charge is -2.23. The van der Waals surface area contributed by atoms with Crippen molar-refractivity contribution in [1.82, 2.24) is 5.32 Å². The Morgan fingerprint density at radius 3 is 2.71 bits per heavy atom. The summed E-state index contributed by atoms with van der Waals surface area (Å²) in [5.74, 6) is -1.43. The van der Waals surface area contributed by atoms with Crippen LogP contribution in [0.25, 0.3) is 0 Å². The van der Waals surface area contributed by atoms with Gasteiger partial charge in [-0.25, -0.2) is 9.18 Å². The molecule has 0 saturated carbocycles. The zero-order chi connectivity index (χ0) is 20.1. The van der Waals surface area contributed by atoms with Crippen molar-refractivity contribution >= 4 is 17.6 Å². The number of hydrogen-bond acceptors (Lipinski definition) is 5. The Hall–Kier alpha value is -3.22. The van der Waals surface area contributed by atoms with Gasteiger partial charge < -0.3 is 14.9 Å². The van der Waals surface area contributed by atoms with Crippen LogP contribution in [0.15, 0.2) is 53.7 Å². The lowest BCUT2D eigenvalue weighted by molar-refractivity contribution is -0.166. The topological polar surface area (TPSA) is 77.0 Å². The van der Waals surface area contributed by atoms with Crippen molar-refractivity contribution in [3.63, 3.8) is 0 Å². The number of carbonyl (C=O) groups is 2. The molecule has 1 heterocycles. The lowest BCUT2D eigenvalue weighted by atomic mass is 9.89. The van der Waals surface area contributed by atoms with Crippen LogP contribution in [0.4, 0.5) is 4.39 Å². The van der Waals surface area contributed by atoms with Gasteiger partial charge in [-0.15, -0.1) is 0 Å². The van der Waals surface area contributed by atoms with Crippen LogP contribution in [0.1, 0.15) is 27.9 Å². The maximum Gasteiger partial charge on any atom is 0.353 e. The van der Waals surface area contributed by atoms with E-state index >= 15 is 0 Å². The minimum absolute atomic E-state index is 0.0856. The van der Waals surface area contributed by atoms with E-state index in [0.29, 0.717) is 17.7 Å². The fraction of sp³-hybridized carbons (Fsp3) is 0.286. The zero-order valence-corrected chi connectivity index (χ0v) is 15.7. The van der Waals surface area contributed by atoms with Gasteiger partial charge in [-0.2, -0.15) is 0 Å². The first-order valence-electron chi connectivity index (χ1n) is 8.84. The molecule has 1 unspecified atom stereocenters. The summed E-state index contributed by atoms with van der Waals surface area (Å²) < 4.78 is 18.3. The number of amides is 1. The number of halogens is 1. The minimum Gasteiger partial charge on any atom is -0.466 e. The van der Waals surface area contributed by atoms with Gasteiger partial charge in [0.25, 0.3) is 5.91 Å². The highest BCUT2D eigenvalue weighted by molar-refractivity contribution is 6.00. The molecule has 2 aromatic rings. The molecule has 28 heavy (non-hydrogen) atoms. The summed E-state index contributed by atoms with van der Waals surface area (Å²) in [4.78, 5) is 30.2. The van der Waals surface area contributed by atoms with Crippen LogP contribution < -0.4 is 5.32 Å². The smallest absolute Gasteiger partial charge is 0.353 e. The minimum atomic E-state index is -1.26.